The molecule has 108 valence electrons. The Morgan fingerprint density at radius 2 is 2.40 bits per heavy atom. The molecule has 20 heavy (non-hydrogen) atoms. The highest BCUT2D eigenvalue weighted by Crippen LogP contribution is 2.21. The van der Waals surface area contributed by atoms with E-state index in [0.29, 0.717) is 5.56 Å². The predicted molar refractivity (Wildman–Crippen MR) is 76.7 cm³/mol. The van der Waals surface area contributed by atoms with E-state index < -0.39 is 0 Å². The average molecular weight is 275 g/mol. The van der Waals surface area contributed by atoms with Crippen LogP contribution in [0.25, 0.3) is 0 Å². The first-order valence-corrected chi connectivity index (χ1v) is 6.81. The van der Waals surface area contributed by atoms with Crippen LogP contribution in [-0.2, 0) is 11.3 Å². The Morgan fingerprint density at radius 3 is 3.05 bits per heavy atom. The van der Waals surface area contributed by atoms with Gasteiger partial charge in [0.05, 0.1) is 31.5 Å². The van der Waals surface area contributed by atoms with Crippen molar-refractivity contribution >= 4 is 0 Å². The first-order chi connectivity index (χ1) is 9.72. The van der Waals surface area contributed by atoms with Gasteiger partial charge in [-0.1, -0.05) is 0 Å². The number of nitriles is 1. The van der Waals surface area contributed by atoms with Crippen molar-refractivity contribution in [3.8, 4) is 11.8 Å². The van der Waals surface area contributed by atoms with E-state index in [2.05, 4.69) is 23.3 Å². The monoisotopic (exact) mass is 275 g/mol. The first-order valence-electron chi connectivity index (χ1n) is 6.81. The zero-order valence-corrected chi connectivity index (χ0v) is 12.1. The van der Waals surface area contributed by atoms with E-state index >= 15 is 0 Å². The Bertz CT molecular complexity index is 478. The molecule has 5 nitrogen and oxygen atoms in total. The van der Waals surface area contributed by atoms with Crippen LogP contribution in [0.2, 0.25) is 0 Å². The number of morpholine rings is 1. The highest BCUT2D eigenvalue weighted by atomic mass is 16.5. The number of methoxy groups -OCH3 is 1. The van der Waals surface area contributed by atoms with E-state index in [4.69, 9.17) is 14.7 Å². The average Bonchev–Trinajstić information content (AvgIpc) is 2.48. The molecule has 5 heteroatoms. The van der Waals surface area contributed by atoms with Crippen molar-refractivity contribution in [2.45, 2.75) is 12.6 Å². The number of ether oxygens (including phenoxy) is 2. The van der Waals surface area contributed by atoms with Gasteiger partial charge in [-0.15, -0.1) is 0 Å². The number of rotatable bonds is 5. The molecule has 0 bridgehead atoms. The summed E-state index contributed by atoms with van der Waals surface area (Å²) in [6, 6.07) is 7.67. The van der Waals surface area contributed by atoms with Gasteiger partial charge in [0.15, 0.2) is 0 Å². The fourth-order valence-electron chi connectivity index (χ4n) is 2.41. The molecule has 1 heterocycles. The van der Waals surface area contributed by atoms with Crippen LogP contribution < -0.4 is 10.1 Å². The normalized spacial score (nSPS) is 18.8. The lowest BCUT2D eigenvalue weighted by Gasteiger charge is -2.28. The maximum atomic E-state index is 8.99. The summed E-state index contributed by atoms with van der Waals surface area (Å²) in [6.07, 6.45) is 0.221. The Morgan fingerprint density at radius 1 is 1.55 bits per heavy atom. The molecule has 1 fully saturated rings. The van der Waals surface area contributed by atoms with Crippen molar-refractivity contribution in [1.29, 1.82) is 5.26 Å². The highest BCUT2D eigenvalue weighted by Gasteiger charge is 2.16. The second-order valence-corrected chi connectivity index (χ2v) is 5.03. The van der Waals surface area contributed by atoms with Gasteiger partial charge in [-0.05, 0) is 25.2 Å². The van der Waals surface area contributed by atoms with Crippen molar-refractivity contribution in [3.05, 3.63) is 29.3 Å². The maximum Gasteiger partial charge on any atom is 0.123 e. The summed E-state index contributed by atoms with van der Waals surface area (Å²) < 4.78 is 11.1. The molecular formula is C15H21N3O2. The number of nitrogens with zero attached hydrogens (tertiary/aromatic N) is 2. The zero-order valence-electron chi connectivity index (χ0n) is 12.1. The third kappa shape index (κ3) is 3.94. The Labute approximate surface area is 120 Å². The molecular weight excluding hydrogens is 254 g/mol. The third-order valence-electron chi connectivity index (χ3n) is 3.37. The fraction of sp³-hybridized carbons (Fsp3) is 0.533. The molecule has 0 aromatic heterocycles. The summed E-state index contributed by atoms with van der Waals surface area (Å²) >= 11 is 0. The van der Waals surface area contributed by atoms with Crippen molar-refractivity contribution in [3.63, 3.8) is 0 Å². The predicted octanol–water partition coefficient (Wildman–Crippen LogP) is 0.987. The fourth-order valence-corrected chi connectivity index (χ4v) is 2.41. The summed E-state index contributed by atoms with van der Waals surface area (Å²) in [7, 11) is 3.70. The molecule has 1 atom stereocenters. The van der Waals surface area contributed by atoms with Crippen LogP contribution in [0.3, 0.4) is 0 Å². The van der Waals surface area contributed by atoms with Gasteiger partial charge in [0.25, 0.3) is 0 Å². The van der Waals surface area contributed by atoms with Crippen molar-refractivity contribution in [1.82, 2.24) is 10.2 Å². The van der Waals surface area contributed by atoms with E-state index in [1.165, 1.54) is 0 Å². The van der Waals surface area contributed by atoms with Crippen LogP contribution in [0, 0.1) is 11.3 Å². The molecule has 1 N–H and O–H groups in total. The second kappa shape index (κ2) is 7.25. The molecule has 1 aromatic carbocycles. The van der Waals surface area contributed by atoms with E-state index in [1.807, 2.05) is 12.1 Å². The minimum Gasteiger partial charge on any atom is -0.496 e. The van der Waals surface area contributed by atoms with Gasteiger partial charge >= 0.3 is 0 Å². The Balaban J connectivity index is 1.99. The minimum atomic E-state index is 0.221. The molecule has 0 spiro atoms. The van der Waals surface area contributed by atoms with Crippen LogP contribution >= 0.6 is 0 Å². The maximum absolute atomic E-state index is 8.99. The number of hydrogen-bond acceptors (Lipinski definition) is 5. The molecule has 1 saturated heterocycles. The number of nitrogens with one attached hydrogen (secondary N) is 1. The van der Waals surface area contributed by atoms with Gasteiger partial charge < -0.3 is 14.8 Å². The molecule has 1 aromatic rings. The van der Waals surface area contributed by atoms with Gasteiger partial charge in [0, 0.05) is 31.7 Å². The smallest absolute Gasteiger partial charge is 0.123 e. The first kappa shape index (κ1) is 14.8. The van der Waals surface area contributed by atoms with Crippen LogP contribution in [-0.4, -0.2) is 51.4 Å². The SMILES string of the molecule is COc1ccc(C#N)cc1CN(C)CC1CNCCO1. The number of likely N-dealkylation sites (N-methyl/N-ethyl adjacent to an activating group) is 1. The van der Waals surface area contributed by atoms with Crippen LogP contribution in [0.1, 0.15) is 11.1 Å². The Hall–Kier alpha value is -1.61. The van der Waals surface area contributed by atoms with Gasteiger partial charge in [-0.25, -0.2) is 0 Å². The molecule has 0 radical (unpaired) electrons. The second-order valence-electron chi connectivity index (χ2n) is 5.03. The van der Waals surface area contributed by atoms with Gasteiger partial charge in [0.1, 0.15) is 5.75 Å². The largest absolute Gasteiger partial charge is 0.496 e. The lowest BCUT2D eigenvalue weighted by Crippen LogP contribution is -2.44. The van der Waals surface area contributed by atoms with Crippen molar-refractivity contribution in [2.75, 3.05) is 40.4 Å². The van der Waals surface area contributed by atoms with E-state index in [0.717, 1.165) is 44.1 Å². The number of hydrogen-bond donors (Lipinski definition) is 1. The Kier molecular flexibility index (Phi) is 5.36. The highest BCUT2D eigenvalue weighted by molar-refractivity contribution is 5.42. The molecule has 1 aliphatic rings. The minimum absolute atomic E-state index is 0.221. The van der Waals surface area contributed by atoms with Gasteiger partial charge in [-0.3, -0.25) is 4.90 Å². The molecule has 0 aliphatic carbocycles. The summed E-state index contributed by atoms with van der Waals surface area (Å²) in [5.74, 6) is 0.818. The summed E-state index contributed by atoms with van der Waals surface area (Å²) in [6.45, 7) is 4.18. The lowest BCUT2D eigenvalue weighted by atomic mass is 10.1. The van der Waals surface area contributed by atoms with Crippen molar-refractivity contribution in [2.24, 2.45) is 0 Å². The third-order valence-corrected chi connectivity index (χ3v) is 3.37. The quantitative estimate of drug-likeness (QED) is 0.868. The molecule has 0 saturated carbocycles. The molecule has 2 rings (SSSR count). The lowest BCUT2D eigenvalue weighted by molar-refractivity contribution is 0.00875. The van der Waals surface area contributed by atoms with Crippen molar-refractivity contribution < 1.29 is 9.47 Å². The van der Waals surface area contributed by atoms with E-state index in [-0.39, 0.29) is 6.10 Å². The zero-order chi connectivity index (χ0) is 14.4. The topological polar surface area (TPSA) is 57.5 Å². The summed E-state index contributed by atoms with van der Waals surface area (Å²) in [4.78, 5) is 2.19. The van der Waals surface area contributed by atoms with E-state index in [1.54, 1.807) is 13.2 Å². The number of benzene rings is 1. The summed E-state index contributed by atoms with van der Waals surface area (Å²) in [5.41, 5.74) is 1.68. The molecule has 1 unspecified atom stereocenters. The van der Waals surface area contributed by atoms with Crippen LogP contribution in [0.5, 0.6) is 5.75 Å². The molecule has 0 amide bonds. The summed E-state index contributed by atoms with van der Waals surface area (Å²) in [5, 5.41) is 12.3. The standard InChI is InChI=1S/C15H21N3O2/c1-18(11-14-9-17-5-6-20-14)10-13-7-12(8-16)3-4-15(13)19-2/h3-4,7,14,17H,5-6,9-11H2,1-2H3. The van der Waals surface area contributed by atoms with Gasteiger partial charge in [-0.2, -0.15) is 5.26 Å². The molecule has 1 aliphatic heterocycles. The van der Waals surface area contributed by atoms with Gasteiger partial charge in [0.2, 0.25) is 0 Å². The van der Waals surface area contributed by atoms with Crippen LogP contribution in [0.15, 0.2) is 18.2 Å². The van der Waals surface area contributed by atoms with Crippen LogP contribution in [0.4, 0.5) is 0 Å². The van der Waals surface area contributed by atoms with E-state index in [9.17, 15) is 0 Å².